The van der Waals surface area contributed by atoms with Gasteiger partial charge in [-0.25, -0.2) is 4.79 Å². The summed E-state index contributed by atoms with van der Waals surface area (Å²) < 4.78 is 6.65. The van der Waals surface area contributed by atoms with Crippen molar-refractivity contribution < 1.29 is 9.21 Å². The highest BCUT2D eigenvalue weighted by molar-refractivity contribution is 6.01. The van der Waals surface area contributed by atoms with E-state index in [9.17, 15) is 9.59 Å². The third kappa shape index (κ3) is 2.48. The second-order valence-electron chi connectivity index (χ2n) is 5.53. The fourth-order valence-corrected chi connectivity index (χ4v) is 2.85. The molecular weight excluding hydrogens is 306 g/mol. The molecule has 2 N–H and O–H groups in total. The summed E-state index contributed by atoms with van der Waals surface area (Å²) in [5.41, 5.74) is 2.94. The summed E-state index contributed by atoms with van der Waals surface area (Å²) in [6.45, 7) is 0.269. The number of fused-ring (bicyclic) bond motifs is 2. The van der Waals surface area contributed by atoms with Gasteiger partial charge in [-0.2, -0.15) is 0 Å². The predicted molar refractivity (Wildman–Crippen MR) is 92.0 cm³/mol. The molecule has 0 atom stereocenters. The third-order valence-electron chi connectivity index (χ3n) is 4.01. The number of hydrogen-bond acceptors (Lipinski definition) is 3. The number of amides is 1. The van der Waals surface area contributed by atoms with Gasteiger partial charge in [0.25, 0.3) is 0 Å². The number of oxazole rings is 1. The Labute approximate surface area is 136 Å². The maximum atomic E-state index is 12.3. The molecule has 2 heterocycles. The van der Waals surface area contributed by atoms with Crippen LogP contribution in [-0.4, -0.2) is 15.5 Å². The normalized spacial score (nSPS) is 11.2. The minimum Gasteiger partial charge on any atom is -0.408 e. The van der Waals surface area contributed by atoms with Gasteiger partial charge in [-0.3, -0.25) is 9.36 Å². The van der Waals surface area contributed by atoms with Crippen LogP contribution < -0.4 is 11.1 Å². The van der Waals surface area contributed by atoms with Crippen LogP contribution in [-0.2, 0) is 11.3 Å². The highest BCUT2D eigenvalue weighted by Gasteiger charge is 2.11. The lowest BCUT2D eigenvalue weighted by molar-refractivity contribution is -0.116. The second-order valence-corrected chi connectivity index (χ2v) is 5.53. The molecule has 0 unspecified atom stereocenters. The van der Waals surface area contributed by atoms with Crippen molar-refractivity contribution in [2.24, 2.45) is 0 Å². The summed E-state index contributed by atoms with van der Waals surface area (Å²) in [4.78, 5) is 27.3. The van der Waals surface area contributed by atoms with E-state index in [0.717, 1.165) is 16.6 Å². The van der Waals surface area contributed by atoms with Gasteiger partial charge in [0.1, 0.15) is 0 Å². The van der Waals surface area contributed by atoms with Crippen LogP contribution in [0.4, 0.5) is 5.69 Å². The largest absolute Gasteiger partial charge is 0.419 e. The van der Waals surface area contributed by atoms with Crippen molar-refractivity contribution in [1.29, 1.82) is 0 Å². The number of carbonyl (C=O) groups is 1. The number of H-pyrrole nitrogens is 1. The SMILES string of the molecule is O=C(CCn1c(=O)oc2ccccc21)Nc1cccc2[nH]ccc12. The number of aromatic nitrogens is 2. The fraction of sp³-hybridized carbons (Fsp3) is 0.111. The number of hydrogen-bond donors (Lipinski definition) is 2. The molecular formula is C18H15N3O3. The van der Waals surface area contributed by atoms with Gasteiger partial charge < -0.3 is 14.7 Å². The standard InChI is InChI=1S/C18H15N3O3/c22-17(20-14-5-3-4-13-12(14)8-10-19-13)9-11-21-15-6-1-2-7-16(15)24-18(21)23/h1-8,10,19H,9,11H2,(H,20,22). The Balaban J connectivity index is 1.51. The number of anilines is 1. The Hall–Kier alpha value is -3.28. The quantitative estimate of drug-likeness (QED) is 0.606. The van der Waals surface area contributed by atoms with Crippen LogP contribution in [0.15, 0.2) is 63.9 Å². The molecule has 6 nitrogen and oxygen atoms in total. The van der Waals surface area contributed by atoms with Crippen molar-refractivity contribution in [3.05, 3.63) is 65.3 Å². The molecule has 0 fully saturated rings. The Morgan fingerprint density at radius 1 is 1.12 bits per heavy atom. The zero-order chi connectivity index (χ0) is 16.5. The smallest absolute Gasteiger partial charge is 0.408 e. The maximum absolute atomic E-state index is 12.3. The Morgan fingerprint density at radius 2 is 2.00 bits per heavy atom. The molecule has 0 saturated heterocycles. The molecule has 1 amide bonds. The molecule has 120 valence electrons. The highest BCUT2D eigenvalue weighted by Crippen LogP contribution is 2.22. The number of nitrogens with one attached hydrogen (secondary N) is 2. The average molecular weight is 321 g/mol. The van der Waals surface area contributed by atoms with E-state index in [1.807, 2.05) is 36.5 Å². The van der Waals surface area contributed by atoms with Gasteiger partial charge >= 0.3 is 5.76 Å². The lowest BCUT2D eigenvalue weighted by Gasteiger charge is -2.07. The zero-order valence-corrected chi connectivity index (χ0v) is 12.8. The summed E-state index contributed by atoms with van der Waals surface area (Å²) in [6.07, 6.45) is 2.02. The molecule has 4 aromatic rings. The van der Waals surface area contributed by atoms with Gasteiger partial charge in [0, 0.05) is 30.1 Å². The van der Waals surface area contributed by atoms with E-state index in [4.69, 9.17) is 4.42 Å². The van der Waals surface area contributed by atoms with E-state index in [0.29, 0.717) is 11.1 Å². The summed E-state index contributed by atoms with van der Waals surface area (Å²) in [6, 6.07) is 14.8. The predicted octanol–water partition coefficient (Wildman–Crippen LogP) is 3.10. The van der Waals surface area contributed by atoms with Crippen molar-refractivity contribution in [3.8, 4) is 0 Å². The molecule has 0 saturated carbocycles. The molecule has 0 aliphatic carbocycles. The fourth-order valence-electron chi connectivity index (χ4n) is 2.85. The number of aryl methyl sites for hydroxylation is 1. The molecule has 0 bridgehead atoms. The van der Waals surface area contributed by atoms with Crippen molar-refractivity contribution in [2.45, 2.75) is 13.0 Å². The molecule has 2 aromatic carbocycles. The van der Waals surface area contributed by atoms with Crippen LogP contribution >= 0.6 is 0 Å². The number of carbonyl (C=O) groups excluding carboxylic acids is 1. The Morgan fingerprint density at radius 3 is 2.92 bits per heavy atom. The van der Waals surface area contributed by atoms with Gasteiger partial charge in [-0.1, -0.05) is 18.2 Å². The van der Waals surface area contributed by atoms with E-state index in [1.54, 1.807) is 18.2 Å². The van der Waals surface area contributed by atoms with Crippen LogP contribution in [0.1, 0.15) is 6.42 Å². The Kier molecular flexibility index (Phi) is 3.42. The monoisotopic (exact) mass is 321 g/mol. The number of rotatable bonds is 4. The van der Waals surface area contributed by atoms with E-state index in [2.05, 4.69) is 10.3 Å². The van der Waals surface area contributed by atoms with Crippen molar-refractivity contribution >= 4 is 33.6 Å². The average Bonchev–Trinajstić information content (AvgIpc) is 3.17. The molecule has 6 heteroatoms. The first-order chi connectivity index (χ1) is 11.7. The highest BCUT2D eigenvalue weighted by atomic mass is 16.4. The Bertz CT molecular complexity index is 1090. The maximum Gasteiger partial charge on any atom is 0.419 e. The van der Waals surface area contributed by atoms with Crippen LogP contribution in [0, 0.1) is 0 Å². The summed E-state index contributed by atoms with van der Waals surface area (Å²) in [7, 11) is 0. The number of para-hydroxylation sites is 2. The van der Waals surface area contributed by atoms with Gasteiger partial charge in [0.05, 0.1) is 11.2 Å². The molecule has 2 aromatic heterocycles. The number of aromatic amines is 1. The van der Waals surface area contributed by atoms with Crippen LogP contribution in [0.25, 0.3) is 22.0 Å². The van der Waals surface area contributed by atoms with Crippen LogP contribution in [0.5, 0.6) is 0 Å². The summed E-state index contributed by atoms with van der Waals surface area (Å²) in [5, 5.41) is 3.85. The number of benzene rings is 2. The molecule has 0 aliphatic heterocycles. The lowest BCUT2D eigenvalue weighted by Crippen LogP contribution is -2.19. The van der Waals surface area contributed by atoms with Gasteiger partial charge in [-0.15, -0.1) is 0 Å². The van der Waals surface area contributed by atoms with Gasteiger partial charge in [-0.05, 0) is 30.3 Å². The summed E-state index contributed by atoms with van der Waals surface area (Å²) in [5.74, 6) is -0.599. The first-order valence-electron chi connectivity index (χ1n) is 7.67. The molecule has 0 radical (unpaired) electrons. The minimum absolute atomic E-state index is 0.152. The van der Waals surface area contributed by atoms with Crippen molar-refractivity contribution in [1.82, 2.24) is 9.55 Å². The summed E-state index contributed by atoms with van der Waals surface area (Å²) >= 11 is 0. The van der Waals surface area contributed by atoms with Crippen LogP contribution in [0.2, 0.25) is 0 Å². The first-order valence-corrected chi connectivity index (χ1v) is 7.67. The number of nitrogens with zero attached hydrogens (tertiary/aromatic N) is 1. The van der Waals surface area contributed by atoms with Crippen molar-refractivity contribution in [3.63, 3.8) is 0 Å². The van der Waals surface area contributed by atoms with E-state index < -0.39 is 5.76 Å². The second kappa shape index (κ2) is 5.73. The van der Waals surface area contributed by atoms with Gasteiger partial charge in [0.2, 0.25) is 5.91 Å². The first kappa shape index (κ1) is 14.3. The van der Waals surface area contributed by atoms with E-state index in [-0.39, 0.29) is 18.9 Å². The van der Waals surface area contributed by atoms with E-state index in [1.165, 1.54) is 4.57 Å². The third-order valence-corrected chi connectivity index (χ3v) is 4.01. The molecule has 0 spiro atoms. The van der Waals surface area contributed by atoms with E-state index >= 15 is 0 Å². The van der Waals surface area contributed by atoms with Crippen molar-refractivity contribution in [2.75, 3.05) is 5.32 Å². The van der Waals surface area contributed by atoms with Crippen LogP contribution in [0.3, 0.4) is 0 Å². The molecule has 24 heavy (non-hydrogen) atoms. The molecule has 4 rings (SSSR count). The molecule has 0 aliphatic rings. The van der Waals surface area contributed by atoms with Gasteiger partial charge in [0.15, 0.2) is 5.58 Å². The lowest BCUT2D eigenvalue weighted by atomic mass is 10.2. The zero-order valence-electron chi connectivity index (χ0n) is 12.8. The minimum atomic E-state index is -0.447. The topological polar surface area (TPSA) is 80.0 Å².